The lowest BCUT2D eigenvalue weighted by atomic mass is 10.0. The fourth-order valence-corrected chi connectivity index (χ4v) is 9.32. The number of carbonyl (C=O) groups is 4. The smallest absolute Gasteiger partial charge is 0.257 e. The van der Waals surface area contributed by atoms with Crippen molar-refractivity contribution in [2.45, 2.75) is 89.1 Å². The number of halogens is 2. The number of amides is 4. The van der Waals surface area contributed by atoms with Gasteiger partial charge in [0, 0.05) is 98.2 Å². The van der Waals surface area contributed by atoms with Gasteiger partial charge in [-0.05, 0) is 74.1 Å². The van der Waals surface area contributed by atoms with Gasteiger partial charge in [-0.1, -0.05) is 37.8 Å². The molecule has 0 aliphatic carbocycles. The number of likely N-dealkylation sites (tertiary alicyclic amines) is 1. The van der Waals surface area contributed by atoms with Crippen LogP contribution in [0.5, 0.6) is 0 Å². The van der Waals surface area contributed by atoms with Crippen LogP contribution >= 0.6 is 0 Å². The molecule has 3 saturated heterocycles. The first kappa shape index (κ1) is 48.3. The predicted octanol–water partition coefficient (Wildman–Crippen LogP) is 5.06. The number of piperidine rings is 2. The Balaban J connectivity index is 0.707. The van der Waals surface area contributed by atoms with Gasteiger partial charge in [-0.3, -0.25) is 49.2 Å². The largest absolute Gasteiger partial charge is 0.404 e. The number of para-hydroxylation sites is 1. The lowest BCUT2D eigenvalue weighted by molar-refractivity contribution is -0.139. The van der Waals surface area contributed by atoms with Crippen molar-refractivity contribution in [3.8, 4) is 11.1 Å². The summed E-state index contributed by atoms with van der Waals surface area (Å²) in [4.78, 5) is 69.2. The van der Waals surface area contributed by atoms with E-state index in [1.54, 1.807) is 48.8 Å². The number of anilines is 1. The van der Waals surface area contributed by atoms with Crippen molar-refractivity contribution in [1.29, 1.82) is 0 Å². The molecule has 4 aliphatic rings. The number of nitrogens with zero attached hydrogens (tertiary/aromatic N) is 6. The van der Waals surface area contributed by atoms with Gasteiger partial charge in [-0.25, -0.2) is 13.8 Å². The Labute approximate surface area is 394 Å². The Morgan fingerprint density at radius 2 is 1.65 bits per heavy atom. The molecule has 4 aromatic rings. The monoisotopic (exact) mass is 934 g/mol. The molecule has 0 spiro atoms. The fourth-order valence-electron chi connectivity index (χ4n) is 9.32. The summed E-state index contributed by atoms with van der Waals surface area (Å²) in [7, 11) is 0. The predicted molar refractivity (Wildman–Crippen MR) is 254 cm³/mol. The fraction of sp³-hybridized carbons (Fsp3) is 0.460. The van der Waals surface area contributed by atoms with Crippen molar-refractivity contribution in [2.24, 2.45) is 10.7 Å². The lowest BCUT2D eigenvalue weighted by Crippen LogP contribution is -2.53. The summed E-state index contributed by atoms with van der Waals surface area (Å²) < 4.78 is 36.2. The first-order valence-electron chi connectivity index (χ1n) is 23.8. The van der Waals surface area contributed by atoms with Crippen LogP contribution in [0.3, 0.4) is 0 Å². The van der Waals surface area contributed by atoms with E-state index >= 15 is 8.78 Å². The molecule has 5 heterocycles. The summed E-state index contributed by atoms with van der Waals surface area (Å²) in [6, 6.07) is 12.4. The molecule has 2 atom stereocenters. The van der Waals surface area contributed by atoms with Crippen molar-refractivity contribution in [3.63, 3.8) is 0 Å². The average molecular weight is 935 g/mol. The average Bonchev–Trinajstić information content (AvgIpc) is 3.58. The van der Waals surface area contributed by atoms with Crippen LogP contribution in [0.2, 0.25) is 0 Å². The Kier molecular flexibility index (Phi) is 16.1. The molecule has 68 heavy (non-hydrogen) atoms. The Morgan fingerprint density at radius 3 is 2.38 bits per heavy atom. The lowest BCUT2D eigenvalue weighted by Gasteiger charge is -2.31. The molecule has 3 aromatic carbocycles. The molecule has 6 N–H and O–H groups in total. The molecule has 0 saturated carbocycles. The number of aliphatic hydroxyl groups is 1. The van der Waals surface area contributed by atoms with Crippen LogP contribution in [-0.2, 0) is 25.7 Å². The van der Waals surface area contributed by atoms with E-state index in [1.807, 2.05) is 4.90 Å². The molecular weight excluding hydrogens is 875 g/mol. The molecule has 0 radical (unpaired) electrons. The second-order valence-electron chi connectivity index (χ2n) is 17.9. The van der Waals surface area contributed by atoms with Crippen LogP contribution in [0.25, 0.3) is 27.7 Å². The Morgan fingerprint density at radius 1 is 0.912 bits per heavy atom. The zero-order valence-electron chi connectivity index (χ0n) is 38.2. The third-order valence-corrected chi connectivity index (χ3v) is 13.2. The van der Waals surface area contributed by atoms with Crippen LogP contribution in [0.15, 0.2) is 65.9 Å². The molecule has 2 unspecified atom stereocenters. The van der Waals surface area contributed by atoms with E-state index in [4.69, 9.17) is 20.4 Å². The second kappa shape index (κ2) is 22.7. The summed E-state index contributed by atoms with van der Waals surface area (Å²) in [5.74, 6) is -2.57. The van der Waals surface area contributed by atoms with Gasteiger partial charge < -0.3 is 26.2 Å². The summed E-state index contributed by atoms with van der Waals surface area (Å²) in [6.07, 6.45) is 11.4. The number of aliphatic imine (C=N–C) groups is 1. The van der Waals surface area contributed by atoms with Crippen molar-refractivity contribution in [2.75, 3.05) is 64.3 Å². The number of aromatic nitrogens is 2. The molecule has 3 fully saturated rings. The van der Waals surface area contributed by atoms with E-state index in [9.17, 15) is 24.3 Å². The number of hydrogen-bond acceptors (Lipinski definition) is 13. The number of ether oxygens (including phenoxy) is 1. The number of rotatable bonds is 19. The maximum atomic E-state index is 15.4. The van der Waals surface area contributed by atoms with Crippen molar-refractivity contribution < 1.29 is 37.8 Å². The summed E-state index contributed by atoms with van der Waals surface area (Å²) >= 11 is 0. The number of benzene rings is 3. The van der Waals surface area contributed by atoms with Gasteiger partial charge >= 0.3 is 0 Å². The third kappa shape index (κ3) is 11.7. The maximum absolute atomic E-state index is 15.4. The highest BCUT2D eigenvalue weighted by Crippen LogP contribution is 2.37. The highest BCUT2D eigenvalue weighted by atomic mass is 19.1. The molecule has 8 rings (SSSR count). The van der Waals surface area contributed by atoms with Crippen molar-refractivity contribution >= 4 is 52.1 Å². The van der Waals surface area contributed by atoms with E-state index in [0.29, 0.717) is 83.9 Å². The number of hydrogen-bond donors (Lipinski definition) is 5. The number of fused-ring (bicyclic) bond motifs is 2. The first-order valence-corrected chi connectivity index (χ1v) is 23.8. The highest BCUT2D eigenvalue weighted by Gasteiger charge is 2.44. The number of unbranched alkanes of at least 4 members (excludes halogenated alkanes) is 5. The van der Waals surface area contributed by atoms with E-state index in [-0.39, 0.29) is 42.8 Å². The number of carbonyl (C=O) groups excluding carboxylic acids is 4. The van der Waals surface area contributed by atoms with E-state index in [0.717, 1.165) is 81.6 Å². The van der Waals surface area contributed by atoms with Gasteiger partial charge in [0.25, 0.3) is 5.91 Å². The van der Waals surface area contributed by atoms with Gasteiger partial charge in [0.05, 0.1) is 48.7 Å². The third-order valence-electron chi connectivity index (χ3n) is 13.2. The van der Waals surface area contributed by atoms with Gasteiger partial charge in [-0.15, -0.1) is 0 Å². The Hall–Kier alpha value is -6.21. The minimum Gasteiger partial charge on any atom is -0.404 e. The zero-order chi connectivity index (χ0) is 47.6. The molecular formula is C50H60F2N10O6. The second-order valence-corrected chi connectivity index (χ2v) is 17.9. The molecule has 4 amide bonds. The molecule has 18 heteroatoms. The van der Waals surface area contributed by atoms with Crippen molar-refractivity contribution in [3.05, 3.63) is 94.9 Å². The van der Waals surface area contributed by atoms with Gasteiger partial charge in [0.1, 0.15) is 17.7 Å². The SMILES string of the molecule is NC=C(C=NC1CCN(CC(=O)NCCCCCCCCNc2ccc3c(c2)C(O)N(C2CCC(=O)NC2=O)C3=O)CC1)c1cnc2cccc(-c3cc(F)c(CN4CCOCC4)c(F)c3)c2n1. The highest BCUT2D eigenvalue weighted by molar-refractivity contribution is 6.09. The van der Waals surface area contributed by atoms with Gasteiger partial charge in [-0.2, -0.15) is 0 Å². The van der Waals surface area contributed by atoms with Crippen LogP contribution in [0, 0.1) is 11.6 Å². The Bertz CT molecular complexity index is 2520. The molecule has 0 bridgehead atoms. The van der Waals surface area contributed by atoms with Crippen molar-refractivity contribution in [1.82, 2.24) is 35.3 Å². The van der Waals surface area contributed by atoms with Gasteiger partial charge in [0.2, 0.25) is 17.7 Å². The summed E-state index contributed by atoms with van der Waals surface area (Å²) in [6.45, 7) is 5.67. The van der Waals surface area contributed by atoms with Crippen LogP contribution in [-0.4, -0.2) is 131 Å². The standard InChI is InChI=1S/C50H60F2N10O6/c51-40-24-32(25-41(52)39(40)30-61-20-22-68-23-21-61)36-8-7-9-42-47(36)58-43(29-57-42)33(27-53)28-56-34-14-18-60(19-15-34)31-46(64)55-17-6-4-2-1-3-5-16-54-35-10-11-37-38(26-35)50(67)62(49(37)66)44-12-13-45(63)59-48(44)65/h7-11,24-29,34,44,50,54,67H,1-6,12-23,30-31,53H2,(H,55,64)(H,59,63,65). The number of aliphatic hydroxyl groups excluding tert-OH is 1. The minimum absolute atomic E-state index is 0.0159. The minimum atomic E-state index is -1.25. The molecule has 1 aromatic heterocycles. The molecule has 4 aliphatic heterocycles. The topological polar surface area (TPSA) is 208 Å². The number of allylic oxidation sites excluding steroid dienone is 1. The summed E-state index contributed by atoms with van der Waals surface area (Å²) in [5, 5.41) is 19.6. The van der Waals surface area contributed by atoms with Crippen LogP contribution < -0.4 is 21.7 Å². The van der Waals surface area contributed by atoms with Crippen LogP contribution in [0.4, 0.5) is 14.5 Å². The van der Waals surface area contributed by atoms with E-state index in [1.165, 1.54) is 18.3 Å². The number of nitrogens with two attached hydrogens (primary N) is 1. The number of morpholine rings is 1. The van der Waals surface area contributed by atoms with E-state index in [2.05, 4.69) is 25.8 Å². The summed E-state index contributed by atoms with van der Waals surface area (Å²) in [5.41, 5.74) is 10.7. The number of nitrogens with one attached hydrogen (secondary N) is 3. The molecule has 360 valence electrons. The number of imide groups is 1. The zero-order valence-corrected chi connectivity index (χ0v) is 38.2. The normalized spacial score (nSPS) is 19.8. The quantitative estimate of drug-likeness (QED) is 0.0475. The van der Waals surface area contributed by atoms with Gasteiger partial charge in [0.15, 0.2) is 6.23 Å². The first-order chi connectivity index (χ1) is 33.1. The van der Waals surface area contributed by atoms with Crippen LogP contribution in [0.1, 0.15) is 97.6 Å². The van der Waals surface area contributed by atoms with E-state index < -0.39 is 35.7 Å². The molecule has 16 nitrogen and oxygen atoms in total. The maximum Gasteiger partial charge on any atom is 0.257 e.